The Hall–Kier alpha value is -4.32. The second-order valence-corrected chi connectivity index (χ2v) is 12.9. The number of nitrogen functional groups attached to an aromatic ring is 1. The highest BCUT2D eigenvalue weighted by atomic mass is 32.1. The van der Waals surface area contributed by atoms with Crippen molar-refractivity contribution in [2.24, 2.45) is 0 Å². The number of fused-ring (bicyclic) bond motifs is 1. The molecule has 0 radical (unpaired) electrons. The van der Waals surface area contributed by atoms with Crippen molar-refractivity contribution >= 4 is 40.6 Å². The summed E-state index contributed by atoms with van der Waals surface area (Å²) < 4.78 is 21.3. The molecule has 244 valence electrons. The number of nitrogens with one attached hydrogen (secondary N) is 2. The zero-order valence-corrected chi connectivity index (χ0v) is 26.9. The molecular weight excluding hydrogens is 606 g/mol. The van der Waals surface area contributed by atoms with E-state index < -0.39 is 17.9 Å². The predicted molar refractivity (Wildman–Crippen MR) is 176 cm³/mol. The number of benzene rings is 2. The Morgan fingerprint density at radius 3 is 2.17 bits per heavy atom. The van der Waals surface area contributed by atoms with E-state index in [1.54, 1.807) is 49.6 Å². The maximum absolute atomic E-state index is 14.7. The molecule has 6 rings (SSSR count). The number of nitrogens with zero attached hydrogens (tertiary/aromatic N) is 2. The number of anilines is 2. The molecule has 3 aliphatic rings. The Bertz CT molecular complexity index is 1550. The van der Waals surface area contributed by atoms with Crippen LogP contribution in [0, 0.1) is 0 Å². The highest BCUT2D eigenvalue weighted by Gasteiger charge is 2.38. The van der Waals surface area contributed by atoms with Crippen molar-refractivity contribution in [3.63, 3.8) is 0 Å². The topological polar surface area (TPSA) is 145 Å². The lowest BCUT2D eigenvalue weighted by atomic mass is 9.94. The summed E-state index contributed by atoms with van der Waals surface area (Å²) in [4.78, 5) is 43.8. The van der Waals surface area contributed by atoms with E-state index in [-0.39, 0.29) is 34.2 Å². The molecule has 2 aliphatic carbocycles. The number of amides is 3. The molecule has 2 fully saturated rings. The van der Waals surface area contributed by atoms with Gasteiger partial charge in [0, 0.05) is 23.8 Å². The molecule has 3 aromatic rings. The van der Waals surface area contributed by atoms with Crippen molar-refractivity contribution in [1.29, 1.82) is 0 Å². The fourth-order valence-electron chi connectivity index (χ4n) is 6.52. The number of ether oxygens (including phenoxy) is 3. The average molecular weight is 648 g/mol. The normalized spacial score (nSPS) is 17.5. The van der Waals surface area contributed by atoms with Crippen LogP contribution in [0.4, 0.5) is 11.4 Å². The second-order valence-electron chi connectivity index (χ2n) is 12.1. The third-order valence-electron chi connectivity index (χ3n) is 8.99. The molecule has 0 spiro atoms. The van der Waals surface area contributed by atoms with Gasteiger partial charge in [-0.2, -0.15) is 4.37 Å². The summed E-state index contributed by atoms with van der Waals surface area (Å²) >= 11 is 0.858. The number of carbonyl (C=O) groups is 3. The quantitative estimate of drug-likeness (QED) is 0.280. The lowest BCUT2D eigenvalue weighted by Crippen LogP contribution is -2.47. The Morgan fingerprint density at radius 2 is 1.52 bits per heavy atom. The lowest BCUT2D eigenvalue weighted by molar-refractivity contribution is -0.123. The van der Waals surface area contributed by atoms with Gasteiger partial charge in [0.2, 0.25) is 5.91 Å². The highest BCUT2D eigenvalue weighted by Crippen LogP contribution is 2.39. The van der Waals surface area contributed by atoms with Crippen LogP contribution in [0.25, 0.3) is 0 Å². The first-order chi connectivity index (χ1) is 22.4. The van der Waals surface area contributed by atoms with E-state index in [1.165, 1.54) is 4.90 Å². The molecule has 46 heavy (non-hydrogen) atoms. The van der Waals surface area contributed by atoms with E-state index in [1.807, 2.05) is 0 Å². The van der Waals surface area contributed by atoms with Crippen molar-refractivity contribution in [1.82, 2.24) is 15.0 Å². The molecule has 2 heterocycles. The molecule has 11 nitrogen and oxygen atoms in total. The molecule has 0 saturated heterocycles. The van der Waals surface area contributed by atoms with Crippen molar-refractivity contribution in [2.75, 3.05) is 31.0 Å². The minimum atomic E-state index is -1.08. The molecule has 1 aliphatic heterocycles. The number of rotatable bonds is 9. The van der Waals surface area contributed by atoms with Gasteiger partial charge in [-0.3, -0.25) is 19.3 Å². The standard InChI is InChI=1S/C34H41N5O6S/c1-43-25-15-12-21(13-16-25)30(33(41)37-23-10-6-3-7-11-23)39(24-14-17-26-27(20-24)45-19-18-44-26)34(42)31-28(35)29(38-46-31)32(40)36-22-8-4-2-5-9-22/h12-17,20,22-23,30H,2-11,18-19,35H2,1H3,(H,36,40)(H,37,41)/t30-/m1/s1. The monoisotopic (exact) mass is 647 g/mol. The van der Waals surface area contributed by atoms with E-state index >= 15 is 0 Å². The molecule has 2 saturated carbocycles. The fourth-order valence-corrected chi connectivity index (χ4v) is 7.26. The first-order valence-electron chi connectivity index (χ1n) is 16.2. The van der Waals surface area contributed by atoms with Crippen LogP contribution in [0.15, 0.2) is 42.5 Å². The smallest absolute Gasteiger partial charge is 0.273 e. The van der Waals surface area contributed by atoms with Crippen LogP contribution in [0.2, 0.25) is 0 Å². The zero-order valence-electron chi connectivity index (χ0n) is 26.1. The lowest BCUT2D eigenvalue weighted by Gasteiger charge is -2.34. The summed E-state index contributed by atoms with van der Waals surface area (Å²) in [5.74, 6) is 0.364. The van der Waals surface area contributed by atoms with Crippen LogP contribution in [-0.4, -0.2) is 54.5 Å². The summed E-state index contributed by atoms with van der Waals surface area (Å²) in [5.41, 5.74) is 7.52. The van der Waals surface area contributed by atoms with E-state index in [0.29, 0.717) is 41.7 Å². The first kappa shape index (κ1) is 31.7. The molecule has 1 aromatic heterocycles. The van der Waals surface area contributed by atoms with Crippen molar-refractivity contribution in [3.05, 3.63) is 58.6 Å². The van der Waals surface area contributed by atoms with Crippen molar-refractivity contribution in [2.45, 2.75) is 82.3 Å². The fraction of sp³-hybridized carbons (Fsp3) is 0.471. The number of aromatic nitrogens is 1. The number of nitrogens with two attached hydrogens (primary N) is 1. The summed E-state index contributed by atoms with van der Waals surface area (Å²) in [6.07, 6.45) is 10.0. The van der Waals surface area contributed by atoms with Crippen molar-refractivity contribution < 1.29 is 28.6 Å². The van der Waals surface area contributed by atoms with Crippen LogP contribution < -0.4 is 35.5 Å². The van der Waals surface area contributed by atoms with E-state index in [9.17, 15) is 14.4 Å². The van der Waals surface area contributed by atoms with Gasteiger partial charge < -0.3 is 30.6 Å². The van der Waals surface area contributed by atoms with Gasteiger partial charge in [-0.15, -0.1) is 0 Å². The molecule has 3 amide bonds. The minimum absolute atomic E-state index is 0.00257. The van der Waals surface area contributed by atoms with Crippen LogP contribution >= 0.6 is 11.5 Å². The summed E-state index contributed by atoms with van der Waals surface area (Å²) in [6, 6.07) is 11.2. The number of methoxy groups -OCH3 is 1. The molecule has 0 bridgehead atoms. The van der Waals surface area contributed by atoms with E-state index in [4.69, 9.17) is 19.9 Å². The summed E-state index contributed by atoms with van der Waals surface area (Å²) in [5, 5.41) is 6.26. The van der Waals surface area contributed by atoms with Gasteiger partial charge in [0.15, 0.2) is 17.2 Å². The molecule has 2 aromatic carbocycles. The van der Waals surface area contributed by atoms with E-state index in [0.717, 1.165) is 75.7 Å². The molecule has 12 heteroatoms. The average Bonchev–Trinajstić information content (AvgIpc) is 3.48. The largest absolute Gasteiger partial charge is 0.497 e. The number of hydrogen-bond donors (Lipinski definition) is 3. The van der Waals surface area contributed by atoms with Gasteiger partial charge in [-0.05, 0) is 67.0 Å². The maximum Gasteiger partial charge on any atom is 0.273 e. The SMILES string of the molecule is COc1ccc([C@H](C(=O)NC2CCCCC2)N(C(=O)c2snc(C(=O)NC3CCCCC3)c2N)c2ccc3c(c2)OCCO3)cc1. The molecular formula is C34H41N5O6S. The Balaban J connectivity index is 1.40. The molecule has 4 N–H and O–H groups in total. The van der Waals surface area contributed by atoms with Crippen LogP contribution in [0.3, 0.4) is 0 Å². The third kappa shape index (κ3) is 6.91. The Kier molecular flexibility index (Phi) is 9.91. The van der Waals surface area contributed by atoms with Crippen LogP contribution in [0.5, 0.6) is 17.2 Å². The van der Waals surface area contributed by atoms with Gasteiger partial charge in [0.25, 0.3) is 11.8 Å². The summed E-state index contributed by atoms with van der Waals surface area (Å²) in [7, 11) is 1.57. The summed E-state index contributed by atoms with van der Waals surface area (Å²) in [6.45, 7) is 0.770. The highest BCUT2D eigenvalue weighted by molar-refractivity contribution is 7.09. The predicted octanol–water partition coefficient (Wildman–Crippen LogP) is 5.40. The van der Waals surface area contributed by atoms with Gasteiger partial charge in [-0.25, -0.2) is 0 Å². The molecule has 1 atom stereocenters. The van der Waals surface area contributed by atoms with Gasteiger partial charge in [0.1, 0.15) is 29.9 Å². The second kappa shape index (κ2) is 14.4. The van der Waals surface area contributed by atoms with Gasteiger partial charge in [0.05, 0.1) is 12.8 Å². The Labute approximate surface area is 272 Å². The van der Waals surface area contributed by atoms with Gasteiger partial charge in [-0.1, -0.05) is 50.7 Å². The number of hydrogen-bond acceptors (Lipinski definition) is 9. The first-order valence-corrected chi connectivity index (χ1v) is 16.9. The van der Waals surface area contributed by atoms with Gasteiger partial charge >= 0.3 is 0 Å². The van der Waals surface area contributed by atoms with Crippen molar-refractivity contribution in [3.8, 4) is 17.2 Å². The maximum atomic E-state index is 14.7. The molecule has 0 unspecified atom stereocenters. The van der Waals surface area contributed by atoms with E-state index in [2.05, 4.69) is 15.0 Å². The van der Waals surface area contributed by atoms with Crippen LogP contribution in [-0.2, 0) is 4.79 Å². The number of carbonyl (C=O) groups excluding carboxylic acids is 3. The third-order valence-corrected chi connectivity index (χ3v) is 9.84. The minimum Gasteiger partial charge on any atom is -0.497 e. The van der Waals surface area contributed by atoms with Crippen LogP contribution in [0.1, 0.15) is 96.0 Å². The zero-order chi connectivity index (χ0) is 32.0. The Morgan fingerprint density at radius 1 is 0.891 bits per heavy atom.